The predicted octanol–water partition coefficient (Wildman–Crippen LogP) is 1.29. The average molecular weight is 242 g/mol. The van der Waals surface area contributed by atoms with Gasteiger partial charge in [0.25, 0.3) is 0 Å². The third kappa shape index (κ3) is 3.96. The van der Waals surface area contributed by atoms with E-state index in [2.05, 4.69) is 26.1 Å². The molecule has 1 heterocycles. The third-order valence-electron chi connectivity index (χ3n) is 3.56. The number of amides is 1. The van der Waals surface area contributed by atoms with Crippen LogP contribution in [0.3, 0.4) is 0 Å². The standard InChI is InChI=1S/C13H26N2O2/c1-4-12-10(6-8-17-12)13(16)15-11(5-7-14)9(2)3/h9-12H,4-8,14H2,1-3H3,(H,15,16). The Morgan fingerprint density at radius 2 is 2.24 bits per heavy atom. The maximum atomic E-state index is 12.2. The van der Waals surface area contributed by atoms with Crippen LogP contribution >= 0.6 is 0 Å². The van der Waals surface area contributed by atoms with Crippen LogP contribution in [0.5, 0.6) is 0 Å². The van der Waals surface area contributed by atoms with Gasteiger partial charge in [0.1, 0.15) is 0 Å². The van der Waals surface area contributed by atoms with Crippen LogP contribution in [0.4, 0.5) is 0 Å². The molecule has 0 aliphatic carbocycles. The van der Waals surface area contributed by atoms with E-state index in [0.717, 1.165) is 19.3 Å². The lowest BCUT2D eigenvalue weighted by atomic mass is 9.95. The minimum absolute atomic E-state index is 0.0269. The summed E-state index contributed by atoms with van der Waals surface area (Å²) in [5.41, 5.74) is 5.57. The van der Waals surface area contributed by atoms with Gasteiger partial charge in [0.2, 0.25) is 5.91 Å². The molecular weight excluding hydrogens is 216 g/mol. The van der Waals surface area contributed by atoms with E-state index in [4.69, 9.17) is 10.5 Å². The minimum Gasteiger partial charge on any atom is -0.377 e. The van der Waals surface area contributed by atoms with Gasteiger partial charge in [-0.2, -0.15) is 0 Å². The van der Waals surface area contributed by atoms with Gasteiger partial charge < -0.3 is 15.8 Å². The first-order valence-corrected chi connectivity index (χ1v) is 6.72. The van der Waals surface area contributed by atoms with Crippen molar-refractivity contribution in [3.8, 4) is 0 Å². The Kier molecular flexibility index (Phi) is 5.92. The van der Waals surface area contributed by atoms with Gasteiger partial charge in [0.15, 0.2) is 0 Å². The van der Waals surface area contributed by atoms with E-state index in [-0.39, 0.29) is 24.0 Å². The lowest BCUT2D eigenvalue weighted by molar-refractivity contribution is -0.127. The Morgan fingerprint density at radius 3 is 2.76 bits per heavy atom. The van der Waals surface area contributed by atoms with E-state index in [0.29, 0.717) is 19.1 Å². The van der Waals surface area contributed by atoms with E-state index in [1.165, 1.54) is 0 Å². The van der Waals surface area contributed by atoms with Crippen LogP contribution in [0.2, 0.25) is 0 Å². The van der Waals surface area contributed by atoms with Crippen molar-refractivity contribution in [1.29, 1.82) is 0 Å². The van der Waals surface area contributed by atoms with Crippen LogP contribution in [-0.2, 0) is 9.53 Å². The first-order chi connectivity index (χ1) is 8.10. The number of ether oxygens (including phenoxy) is 1. The molecule has 0 aromatic heterocycles. The molecule has 3 unspecified atom stereocenters. The molecule has 0 radical (unpaired) electrons. The van der Waals surface area contributed by atoms with Crippen LogP contribution in [0.15, 0.2) is 0 Å². The number of hydrogen-bond acceptors (Lipinski definition) is 3. The SMILES string of the molecule is CCC1OCCC1C(=O)NC(CCN)C(C)C. The molecule has 4 nitrogen and oxygen atoms in total. The predicted molar refractivity (Wildman–Crippen MR) is 68.6 cm³/mol. The zero-order valence-corrected chi connectivity index (χ0v) is 11.2. The summed E-state index contributed by atoms with van der Waals surface area (Å²) >= 11 is 0. The normalized spacial score (nSPS) is 26.2. The van der Waals surface area contributed by atoms with Crippen molar-refractivity contribution < 1.29 is 9.53 Å². The molecule has 0 aromatic carbocycles. The van der Waals surface area contributed by atoms with Gasteiger partial charge in [-0.25, -0.2) is 0 Å². The number of carbonyl (C=O) groups excluding carboxylic acids is 1. The number of nitrogens with two attached hydrogens (primary N) is 1. The highest BCUT2D eigenvalue weighted by Gasteiger charge is 2.33. The Hall–Kier alpha value is -0.610. The summed E-state index contributed by atoms with van der Waals surface area (Å²) in [5, 5.41) is 3.12. The Labute approximate surface area is 104 Å². The first-order valence-electron chi connectivity index (χ1n) is 6.72. The molecule has 1 saturated heterocycles. The fourth-order valence-corrected chi connectivity index (χ4v) is 2.39. The Morgan fingerprint density at radius 1 is 1.53 bits per heavy atom. The summed E-state index contributed by atoms with van der Waals surface area (Å²) in [7, 11) is 0. The number of nitrogens with one attached hydrogen (secondary N) is 1. The van der Waals surface area contributed by atoms with Crippen LogP contribution in [0, 0.1) is 11.8 Å². The second kappa shape index (κ2) is 6.97. The molecule has 0 aromatic rings. The van der Waals surface area contributed by atoms with Crippen molar-refractivity contribution in [2.24, 2.45) is 17.6 Å². The van der Waals surface area contributed by atoms with Crippen molar-refractivity contribution in [2.45, 2.75) is 52.2 Å². The molecule has 1 fully saturated rings. The van der Waals surface area contributed by atoms with Gasteiger partial charge in [0, 0.05) is 12.6 Å². The molecule has 100 valence electrons. The zero-order valence-electron chi connectivity index (χ0n) is 11.2. The van der Waals surface area contributed by atoms with Gasteiger partial charge >= 0.3 is 0 Å². The molecule has 0 spiro atoms. The Bertz CT molecular complexity index is 244. The number of rotatable bonds is 6. The van der Waals surface area contributed by atoms with Crippen molar-refractivity contribution in [3.05, 3.63) is 0 Å². The smallest absolute Gasteiger partial charge is 0.226 e. The Balaban J connectivity index is 2.51. The van der Waals surface area contributed by atoms with Crippen LogP contribution in [-0.4, -0.2) is 31.2 Å². The largest absolute Gasteiger partial charge is 0.377 e. The van der Waals surface area contributed by atoms with Crippen LogP contribution in [0.1, 0.15) is 40.0 Å². The summed E-state index contributed by atoms with van der Waals surface area (Å²) in [5.74, 6) is 0.588. The number of hydrogen-bond donors (Lipinski definition) is 2. The third-order valence-corrected chi connectivity index (χ3v) is 3.56. The lowest BCUT2D eigenvalue weighted by Gasteiger charge is -2.25. The molecular formula is C13H26N2O2. The topological polar surface area (TPSA) is 64.3 Å². The maximum absolute atomic E-state index is 12.2. The fraction of sp³-hybridized carbons (Fsp3) is 0.923. The quantitative estimate of drug-likeness (QED) is 0.737. The van der Waals surface area contributed by atoms with Gasteiger partial charge in [0.05, 0.1) is 12.0 Å². The second-order valence-electron chi connectivity index (χ2n) is 5.15. The average Bonchev–Trinajstić information content (AvgIpc) is 2.76. The highest BCUT2D eigenvalue weighted by atomic mass is 16.5. The molecule has 17 heavy (non-hydrogen) atoms. The van der Waals surface area contributed by atoms with Gasteiger partial charge in [-0.3, -0.25) is 4.79 Å². The summed E-state index contributed by atoms with van der Waals surface area (Å²) in [4.78, 5) is 12.2. The highest BCUT2D eigenvalue weighted by Crippen LogP contribution is 2.24. The summed E-state index contributed by atoms with van der Waals surface area (Å²) in [6.07, 6.45) is 2.69. The van der Waals surface area contributed by atoms with Crippen molar-refractivity contribution in [2.75, 3.05) is 13.2 Å². The monoisotopic (exact) mass is 242 g/mol. The fourth-order valence-electron chi connectivity index (χ4n) is 2.39. The molecule has 4 heteroatoms. The summed E-state index contributed by atoms with van der Waals surface area (Å²) in [6, 6.07) is 0.186. The van der Waals surface area contributed by atoms with E-state index in [1.807, 2.05) is 0 Å². The molecule has 3 atom stereocenters. The lowest BCUT2D eigenvalue weighted by Crippen LogP contribution is -2.44. The van der Waals surface area contributed by atoms with E-state index in [1.54, 1.807) is 0 Å². The molecule has 1 aliphatic heterocycles. The van der Waals surface area contributed by atoms with Crippen molar-refractivity contribution >= 4 is 5.91 Å². The maximum Gasteiger partial charge on any atom is 0.226 e. The van der Waals surface area contributed by atoms with E-state index in [9.17, 15) is 4.79 Å². The summed E-state index contributed by atoms with van der Waals surface area (Å²) < 4.78 is 5.55. The van der Waals surface area contributed by atoms with Crippen LogP contribution in [0.25, 0.3) is 0 Å². The molecule has 0 saturated carbocycles. The van der Waals surface area contributed by atoms with Gasteiger partial charge in [-0.05, 0) is 31.7 Å². The summed E-state index contributed by atoms with van der Waals surface area (Å²) in [6.45, 7) is 7.61. The van der Waals surface area contributed by atoms with Crippen LogP contribution < -0.4 is 11.1 Å². The van der Waals surface area contributed by atoms with Crippen molar-refractivity contribution in [1.82, 2.24) is 5.32 Å². The van der Waals surface area contributed by atoms with E-state index >= 15 is 0 Å². The van der Waals surface area contributed by atoms with Crippen molar-refractivity contribution in [3.63, 3.8) is 0 Å². The molecule has 0 bridgehead atoms. The molecule has 1 amide bonds. The van der Waals surface area contributed by atoms with Gasteiger partial charge in [-0.1, -0.05) is 20.8 Å². The second-order valence-corrected chi connectivity index (χ2v) is 5.15. The minimum atomic E-state index is 0.0269. The molecule has 3 N–H and O–H groups in total. The van der Waals surface area contributed by atoms with Gasteiger partial charge in [-0.15, -0.1) is 0 Å². The van der Waals surface area contributed by atoms with E-state index < -0.39 is 0 Å². The highest BCUT2D eigenvalue weighted by molar-refractivity contribution is 5.79. The molecule has 1 aliphatic rings. The molecule has 1 rings (SSSR count). The zero-order chi connectivity index (χ0) is 12.8. The first kappa shape index (κ1) is 14.5. The number of carbonyl (C=O) groups is 1.